The molecule has 0 atom stereocenters. The van der Waals surface area contributed by atoms with Crippen LogP contribution < -0.4 is 4.90 Å². The smallest absolute Gasteiger partial charge is 0.414 e. The molecule has 0 fully saturated rings. The third-order valence-corrected chi connectivity index (χ3v) is 4.52. The van der Waals surface area contributed by atoms with Crippen molar-refractivity contribution < 1.29 is 19.1 Å². The molecule has 9 heteroatoms. The van der Waals surface area contributed by atoms with E-state index in [0.717, 1.165) is 4.90 Å². The van der Waals surface area contributed by atoms with Crippen molar-refractivity contribution >= 4 is 29.5 Å². The molecule has 0 bridgehead atoms. The van der Waals surface area contributed by atoms with Gasteiger partial charge >= 0.3 is 6.09 Å². The number of nitrogens with zero attached hydrogens (tertiary/aromatic N) is 4. The molecule has 3 aromatic heterocycles. The van der Waals surface area contributed by atoms with Crippen molar-refractivity contribution in [1.29, 1.82) is 0 Å². The SMILES string of the molecule is CC(=O)c1nc(Sc2coc(N(C(=O)O)C(C)C)c2)ncc1-n1cccc1. The van der Waals surface area contributed by atoms with Crippen LogP contribution >= 0.6 is 11.8 Å². The fourth-order valence-corrected chi connectivity index (χ4v) is 3.22. The normalized spacial score (nSPS) is 11.0. The fourth-order valence-electron chi connectivity index (χ4n) is 2.51. The molecule has 3 heterocycles. The molecular weight excluding hydrogens is 368 g/mol. The highest BCUT2D eigenvalue weighted by Gasteiger charge is 2.22. The molecule has 3 aromatic rings. The first-order chi connectivity index (χ1) is 12.9. The van der Waals surface area contributed by atoms with Gasteiger partial charge in [-0.05, 0) is 37.7 Å². The number of aromatic nitrogens is 3. The molecule has 0 aliphatic carbocycles. The number of carbonyl (C=O) groups excluding carboxylic acids is 1. The van der Waals surface area contributed by atoms with E-state index in [4.69, 9.17) is 4.42 Å². The first-order valence-corrected chi connectivity index (χ1v) is 8.98. The molecule has 27 heavy (non-hydrogen) atoms. The quantitative estimate of drug-likeness (QED) is 0.502. The summed E-state index contributed by atoms with van der Waals surface area (Å²) in [4.78, 5) is 33.8. The Morgan fingerprint density at radius 1 is 1.30 bits per heavy atom. The lowest BCUT2D eigenvalue weighted by Crippen LogP contribution is -2.35. The Balaban J connectivity index is 1.87. The Labute approximate surface area is 159 Å². The number of Topliss-reactive ketones (excluding diaryl/α,β-unsaturated/α-hetero) is 1. The van der Waals surface area contributed by atoms with Crippen LogP contribution in [0.5, 0.6) is 0 Å². The van der Waals surface area contributed by atoms with Crippen LogP contribution in [0.15, 0.2) is 57.5 Å². The van der Waals surface area contributed by atoms with Crippen LogP contribution in [0.4, 0.5) is 10.7 Å². The van der Waals surface area contributed by atoms with Gasteiger partial charge in [0.2, 0.25) is 5.88 Å². The van der Waals surface area contributed by atoms with Crippen molar-refractivity contribution in [3.05, 3.63) is 48.7 Å². The predicted octanol–water partition coefficient (Wildman–Crippen LogP) is 4.11. The highest BCUT2D eigenvalue weighted by Crippen LogP contribution is 2.31. The lowest BCUT2D eigenvalue weighted by molar-refractivity contribution is 0.101. The molecule has 0 aliphatic heterocycles. The number of carbonyl (C=O) groups is 2. The van der Waals surface area contributed by atoms with E-state index in [1.165, 1.54) is 24.9 Å². The standard InChI is InChI=1S/C18H18N4O4S/c1-11(2)22(18(24)25)15-8-13(10-26-15)27-17-19-9-14(16(20-17)12(3)23)21-6-4-5-7-21/h4-11H,1-3H3,(H,24,25). The molecular formula is C18H18N4O4S. The maximum absolute atomic E-state index is 12.0. The fraction of sp³-hybridized carbons (Fsp3) is 0.222. The third-order valence-electron chi connectivity index (χ3n) is 3.69. The van der Waals surface area contributed by atoms with Gasteiger partial charge in [0.25, 0.3) is 0 Å². The van der Waals surface area contributed by atoms with Gasteiger partial charge in [-0.2, -0.15) is 0 Å². The van der Waals surface area contributed by atoms with Gasteiger partial charge in [-0.15, -0.1) is 0 Å². The van der Waals surface area contributed by atoms with Crippen molar-refractivity contribution in [3.63, 3.8) is 0 Å². The van der Waals surface area contributed by atoms with Crippen molar-refractivity contribution in [3.8, 4) is 5.69 Å². The maximum atomic E-state index is 12.0. The highest BCUT2D eigenvalue weighted by molar-refractivity contribution is 7.99. The number of ketones is 1. The van der Waals surface area contributed by atoms with E-state index >= 15 is 0 Å². The lowest BCUT2D eigenvalue weighted by atomic mass is 10.2. The average molecular weight is 386 g/mol. The van der Waals surface area contributed by atoms with Gasteiger partial charge in [-0.3, -0.25) is 4.79 Å². The minimum absolute atomic E-state index is 0.173. The van der Waals surface area contributed by atoms with Gasteiger partial charge in [0.05, 0.1) is 16.8 Å². The molecule has 0 radical (unpaired) electrons. The summed E-state index contributed by atoms with van der Waals surface area (Å²) in [5.74, 6) is 0.0449. The zero-order valence-electron chi connectivity index (χ0n) is 15.0. The van der Waals surface area contributed by atoms with Crippen LogP contribution in [0.1, 0.15) is 31.3 Å². The van der Waals surface area contributed by atoms with E-state index in [0.29, 0.717) is 21.4 Å². The number of hydrogen-bond donors (Lipinski definition) is 1. The summed E-state index contributed by atoms with van der Waals surface area (Å²) in [6.45, 7) is 4.96. The second-order valence-corrected chi connectivity index (χ2v) is 7.04. The molecule has 0 aromatic carbocycles. The number of amides is 1. The van der Waals surface area contributed by atoms with E-state index in [-0.39, 0.29) is 17.7 Å². The molecule has 8 nitrogen and oxygen atoms in total. The largest absolute Gasteiger partial charge is 0.465 e. The summed E-state index contributed by atoms with van der Waals surface area (Å²) in [7, 11) is 0. The summed E-state index contributed by atoms with van der Waals surface area (Å²) in [5.41, 5.74) is 0.906. The summed E-state index contributed by atoms with van der Waals surface area (Å²) in [6, 6.07) is 5.04. The molecule has 0 spiro atoms. The molecule has 0 saturated heterocycles. The second kappa shape index (κ2) is 7.67. The van der Waals surface area contributed by atoms with Crippen LogP contribution in [0, 0.1) is 0 Å². The number of furan rings is 1. The summed E-state index contributed by atoms with van der Waals surface area (Å²) >= 11 is 1.19. The topological polar surface area (TPSA) is 101 Å². The minimum atomic E-state index is -1.10. The Bertz CT molecular complexity index is 966. The number of carboxylic acid groups (broad SMARTS) is 1. The Hall–Kier alpha value is -3.07. The average Bonchev–Trinajstić information content (AvgIpc) is 3.26. The van der Waals surface area contributed by atoms with Gasteiger partial charge in [0, 0.05) is 31.4 Å². The molecule has 1 N–H and O–H groups in total. The summed E-state index contributed by atoms with van der Waals surface area (Å²) < 4.78 is 7.15. The molecule has 1 amide bonds. The maximum Gasteiger partial charge on any atom is 0.414 e. The lowest BCUT2D eigenvalue weighted by Gasteiger charge is -2.19. The van der Waals surface area contributed by atoms with Crippen LogP contribution in [0.25, 0.3) is 5.69 Å². The van der Waals surface area contributed by atoms with Gasteiger partial charge < -0.3 is 14.1 Å². The van der Waals surface area contributed by atoms with E-state index in [1.807, 2.05) is 24.5 Å². The van der Waals surface area contributed by atoms with Crippen molar-refractivity contribution in [2.45, 2.75) is 36.9 Å². The van der Waals surface area contributed by atoms with Gasteiger partial charge in [-0.1, -0.05) is 0 Å². The van der Waals surface area contributed by atoms with E-state index in [9.17, 15) is 14.7 Å². The number of hydrogen-bond acceptors (Lipinski definition) is 6. The van der Waals surface area contributed by atoms with Crippen LogP contribution in [0.3, 0.4) is 0 Å². The molecule has 140 valence electrons. The van der Waals surface area contributed by atoms with Crippen molar-refractivity contribution in [2.24, 2.45) is 0 Å². The van der Waals surface area contributed by atoms with Crippen LogP contribution in [-0.4, -0.2) is 37.6 Å². The van der Waals surface area contributed by atoms with Gasteiger partial charge in [0.15, 0.2) is 10.9 Å². The second-order valence-electron chi connectivity index (χ2n) is 6.00. The molecule has 0 aliphatic rings. The number of rotatable bonds is 6. The molecule has 3 rings (SSSR count). The van der Waals surface area contributed by atoms with E-state index < -0.39 is 6.09 Å². The Kier molecular flexibility index (Phi) is 5.31. The monoisotopic (exact) mass is 386 g/mol. The Morgan fingerprint density at radius 3 is 2.59 bits per heavy atom. The van der Waals surface area contributed by atoms with Crippen molar-refractivity contribution in [1.82, 2.24) is 14.5 Å². The first kappa shape index (κ1) is 18.7. The predicted molar refractivity (Wildman–Crippen MR) is 99.8 cm³/mol. The zero-order chi connectivity index (χ0) is 19.6. The summed E-state index contributed by atoms with van der Waals surface area (Å²) in [6.07, 6.45) is 5.56. The summed E-state index contributed by atoms with van der Waals surface area (Å²) in [5, 5.41) is 9.68. The highest BCUT2D eigenvalue weighted by atomic mass is 32.2. The van der Waals surface area contributed by atoms with E-state index in [2.05, 4.69) is 9.97 Å². The van der Waals surface area contributed by atoms with Gasteiger partial charge in [-0.25, -0.2) is 19.7 Å². The first-order valence-electron chi connectivity index (χ1n) is 8.16. The molecule has 0 saturated carbocycles. The Morgan fingerprint density at radius 2 is 2.00 bits per heavy atom. The third kappa shape index (κ3) is 4.03. The minimum Gasteiger partial charge on any atom is -0.465 e. The zero-order valence-corrected chi connectivity index (χ0v) is 15.8. The van der Waals surface area contributed by atoms with Crippen LogP contribution in [-0.2, 0) is 0 Å². The van der Waals surface area contributed by atoms with Gasteiger partial charge in [0.1, 0.15) is 12.0 Å². The van der Waals surface area contributed by atoms with Crippen molar-refractivity contribution in [2.75, 3.05) is 4.90 Å². The molecule has 0 unspecified atom stereocenters. The van der Waals surface area contributed by atoms with Crippen LogP contribution in [0.2, 0.25) is 0 Å². The number of anilines is 1. The van der Waals surface area contributed by atoms with E-state index in [1.54, 1.807) is 30.7 Å².